The van der Waals surface area contributed by atoms with Gasteiger partial charge in [-0.05, 0) is 54.4 Å². The number of rotatable bonds is 7. The number of hydrogen-bond donors (Lipinski definition) is 2. The topological polar surface area (TPSA) is 64.3 Å². The van der Waals surface area contributed by atoms with Gasteiger partial charge in [0.05, 0.1) is 17.5 Å². The predicted molar refractivity (Wildman–Crippen MR) is 80.3 cm³/mol. The van der Waals surface area contributed by atoms with Crippen molar-refractivity contribution in [2.75, 3.05) is 13.2 Å². The third-order valence-electron chi connectivity index (χ3n) is 2.49. The molecule has 0 atom stereocenters. The molecule has 5 heteroatoms. The predicted octanol–water partition coefficient (Wildman–Crippen LogP) is 2.24. The van der Waals surface area contributed by atoms with Crippen molar-refractivity contribution in [2.24, 2.45) is 5.73 Å². The minimum Gasteiger partial charge on any atom is -0.492 e. The van der Waals surface area contributed by atoms with Crippen LogP contribution < -0.4 is 15.8 Å². The Hall–Kier alpha value is -1.07. The Bertz CT molecular complexity index is 422. The summed E-state index contributed by atoms with van der Waals surface area (Å²) in [5.74, 6) is 0.785. The van der Waals surface area contributed by atoms with E-state index in [0.29, 0.717) is 19.6 Å². The lowest BCUT2D eigenvalue weighted by Crippen LogP contribution is -2.31. The highest BCUT2D eigenvalue weighted by atomic mass is 79.9. The molecule has 4 nitrogen and oxygen atoms in total. The van der Waals surface area contributed by atoms with Gasteiger partial charge in [0.15, 0.2) is 0 Å². The SMILES string of the molecule is CC(C)NC(=O)CCOc1c(Br)cccc1CCN. The van der Waals surface area contributed by atoms with E-state index >= 15 is 0 Å². The summed E-state index contributed by atoms with van der Waals surface area (Å²) in [6, 6.07) is 6.02. The van der Waals surface area contributed by atoms with Gasteiger partial charge in [-0.3, -0.25) is 4.79 Å². The molecule has 106 valence electrons. The molecule has 0 heterocycles. The number of hydrogen-bond acceptors (Lipinski definition) is 3. The fraction of sp³-hybridized carbons (Fsp3) is 0.500. The molecule has 0 saturated heterocycles. The number of halogens is 1. The number of nitrogens with two attached hydrogens (primary N) is 1. The molecule has 0 aliphatic heterocycles. The molecule has 1 aromatic rings. The van der Waals surface area contributed by atoms with Crippen LogP contribution in [-0.2, 0) is 11.2 Å². The normalized spacial score (nSPS) is 10.6. The minimum atomic E-state index is 0.00225. The maximum atomic E-state index is 11.5. The summed E-state index contributed by atoms with van der Waals surface area (Å²) in [4.78, 5) is 11.5. The van der Waals surface area contributed by atoms with Crippen LogP contribution in [0.5, 0.6) is 5.75 Å². The first-order valence-corrected chi connectivity index (χ1v) is 7.23. The van der Waals surface area contributed by atoms with Gasteiger partial charge in [0.25, 0.3) is 0 Å². The van der Waals surface area contributed by atoms with E-state index in [-0.39, 0.29) is 11.9 Å². The van der Waals surface area contributed by atoms with Crippen LogP contribution in [0.15, 0.2) is 22.7 Å². The van der Waals surface area contributed by atoms with Crippen LogP contribution in [0.2, 0.25) is 0 Å². The Morgan fingerprint density at radius 2 is 2.21 bits per heavy atom. The molecule has 0 aromatic heterocycles. The van der Waals surface area contributed by atoms with Crippen molar-refractivity contribution in [3.05, 3.63) is 28.2 Å². The minimum absolute atomic E-state index is 0.00225. The van der Waals surface area contributed by atoms with E-state index in [1.165, 1.54) is 0 Å². The lowest BCUT2D eigenvalue weighted by molar-refractivity contribution is -0.122. The van der Waals surface area contributed by atoms with Gasteiger partial charge in [0.2, 0.25) is 5.91 Å². The second-order valence-corrected chi connectivity index (χ2v) is 5.44. The summed E-state index contributed by atoms with van der Waals surface area (Å²) in [6.45, 7) is 4.80. The van der Waals surface area contributed by atoms with Gasteiger partial charge < -0.3 is 15.8 Å². The van der Waals surface area contributed by atoms with Crippen molar-refractivity contribution in [1.29, 1.82) is 0 Å². The van der Waals surface area contributed by atoms with E-state index in [1.807, 2.05) is 32.0 Å². The van der Waals surface area contributed by atoms with Crippen LogP contribution >= 0.6 is 15.9 Å². The third kappa shape index (κ3) is 5.61. The van der Waals surface area contributed by atoms with Crippen molar-refractivity contribution in [3.8, 4) is 5.75 Å². The Balaban J connectivity index is 2.55. The number of amides is 1. The largest absolute Gasteiger partial charge is 0.492 e. The molecule has 1 amide bonds. The Labute approximate surface area is 122 Å². The van der Waals surface area contributed by atoms with Crippen LogP contribution in [0.25, 0.3) is 0 Å². The molecule has 0 bridgehead atoms. The van der Waals surface area contributed by atoms with Gasteiger partial charge in [0.1, 0.15) is 5.75 Å². The van der Waals surface area contributed by atoms with E-state index in [2.05, 4.69) is 21.2 Å². The van der Waals surface area contributed by atoms with Crippen molar-refractivity contribution >= 4 is 21.8 Å². The van der Waals surface area contributed by atoms with Crippen LogP contribution in [0.3, 0.4) is 0 Å². The van der Waals surface area contributed by atoms with Crippen molar-refractivity contribution < 1.29 is 9.53 Å². The van der Waals surface area contributed by atoms with Gasteiger partial charge in [-0.1, -0.05) is 12.1 Å². The van der Waals surface area contributed by atoms with Crippen LogP contribution in [0.1, 0.15) is 25.8 Å². The first-order chi connectivity index (χ1) is 9.04. The number of carbonyl (C=O) groups is 1. The number of carbonyl (C=O) groups excluding carboxylic acids is 1. The highest BCUT2D eigenvalue weighted by molar-refractivity contribution is 9.10. The molecule has 0 radical (unpaired) electrons. The average Bonchev–Trinajstić information content (AvgIpc) is 2.32. The lowest BCUT2D eigenvalue weighted by Gasteiger charge is -2.13. The molecule has 0 unspecified atom stereocenters. The summed E-state index contributed by atoms with van der Waals surface area (Å²) in [7, 11) is 0. The van der Waals surface area contributed by atoms with E-state index in [0.717, 1.165) is 22.2 Å². The third-order valence-corrected chi connectivity index (χ3v) is 3.11. The quantitative estimate of drug-likeness (QED) is 0.806. The lowest BCUT2D eigenvalue weighted by atomic mass is 10.1. The molecule has 0 aliphatic rings. The van der Waals surface area contributed by atoms with E-state index in [4.69, 9.17) is 10.5 Å². The summed E-state index contributed by atoms with van der Waals surface area (Å²) in [5.41, 5.74) is 6.63. The summed E-state index contributed by atoms with van der Waals surface area (Å²) < 4.78 is 6.60. The van der Waals surface area contributed by atoms with E-state index in [1.54, 1.807) is 0 Å². The highest BCUT2D eigenvalue weighted by Gasteiger charge is 2.09. The number of ether oxygens (including phenoxy) is 1. The first-order valence-electron chi connectivity index (χ1n) is 6.44. The van der Waals surface area contributed by atoms with Crippen molar-refractivity contribution in [1.82, 2.24) is 5.32 Å². The van der Waals surface area contributed by atoms with E-state index in [9.17, 15) is 4.79 Å². The van der Waals surface area contributed by atoms with Gasteiger partial charge in [0, 0.05) is 6.04 Å². The fourth-order valence-corrected chi connectivity index (χ4v) is 2.23. The second kappa shape index (κ2) is 8.17. The molecular formula is C14H21BrN2O2. The number of benzene rings is 1. The zero-order valence-corrected chi connectivity index (χ0v) is 13.0. The molecule has 0 spiro atoms. The molecular weight excluding hydrogens is 308 g/mol. The smallest absolute Gasteiger partial charge is 0.223 e. The molecule has 1 aromatic carbocycles. The number of nitrogens with one attached hydrogen (secondary N) is 1. The highest BCUT2D eigenvalue weighted by Crippen LogP contribution is 2.29. The van der Waals surface area contributed by atoms with Gasteiger partial charge in [-0.25, -0.2) is 0 Å². The van der Waals surface area contributed by atoms with Crippen LogP contribution in [-0.4, -0.2) is 25.1 Å². The Morgan fingerprint density at radius 3 is 2.84 bits per heavy atom. The number of para-hydroxylation sites is 1. The Kier molecular flexibility index (Phi) is 6.87. The zero-order chi connectivity index (χ0) is 14.3. The van der Waals surface area contributed by atoms with Gasteiger partial charge >= 0.3 is 0 Å². The molecule has 1 rings (SSSR count). The second-order valence-electron chi connectivity index (χ2n) is 4.59. The first kappa shape index (κ1) is 16.0. The molecule has 0 aliphatic carbocycles. The summed E-state index contributed by atoms with van der Waals surface area (Å²) in [6.07, 6.45) is 1.11. The summed E-state index contributed by atoms with van der Waals surface area (Å²) >= 11 is 3.46. The maximum absolute atomic E-state index is 11.5. The fourth-order valence-electron chi connectivity index (χ4n) is 1.71. The van der Waals surface area contributed by atoms with Gasteiger partial charge in [-0.15, -0.1) is 0 Å². The van der Waals surface area contributed by atoms with E-state index < -0.39 is 0 Å². The molecule has 3 N–H and O–H groups in total. The summed E-state index contributed by atoms with van der Waals surface area (Å²) in [5, 5.41) is 2.83. The zero-order valence-electron chi connectivity index (χ0n) is 11.4. The van der Waals surface area contributed by atoms with Crippen LogP contribution in [0.4, 0.5) is 0 Å². The molecule has 0 fully saturated rings. The monoisotopic (exact) mass is 328 g/mol. The van der Waals surface area contributed by atoms with Crippen LogP contribution in [0, 0.1) is 0 Å². The van der Waals surface area contributed by atoms with Crippen molar-refractivity contribution in [3.63, 3.8) is 0 Å². The molecule has 19 heavy (non-hydrogen) atoms. The standard InChI is InChI=1S/C14H21BrN2O2/c1-10(2)17-13(18)7-9-19-14-11(6-8-16)4-3-5-12(14)15/h3-5,10H,6-9,16H2,1-2H3,(H,17,18). The Morgan fingerprint density at radius 1 is 1.47 bits per heavy atom. The van der Waals surface area contributed by atoms with Gasteiger partial charge in [-0.2, -0.15) is 0 Å². The average molecular weight is 329 g/mol. The van der Waals surface area contributed by atoms with Crippen molar-refractivity contribution in [2.45, 2.75) is 32.7 Å². The maximum Gasteiger partial charge on any atom is 0.223 e. The molecule has 0 saturated carbocycles.